The van der Waals surface area contributed by atoms with Crippen LogP contribution >= 0.6 is 11.6 Å². The summed E-state index contributed by atoms with van der Waals surface area (Å²) in [5, 5.41) is 0.108. The van der Waals surface area contributed by atoms with Gasteiger partial charge in [-0.15, -0.1) is 0 Å². The van der Waals surface area contributed by atoms with Crippen molar-refractivity contribution >= 4 is 23.5 Å². The first-order chi connectivity index (χ1) is 11.9. The zero-order valence-corrected chi connectivity index (χ0v) is 14.4. The molecule has 134 valence electrons. The van der Waals surface area contributed by atoms with Gasteiger partial charge in [-0.25, -0.2) is 9.37 Å². The molecule has 0 spiro atoms. The third-order valence-corrected chi connectivity index (χ3v) is 3.33. The van der Waals surface area contributed by atoms with E-state index >= 15 is 0 Å². The molecule has 9 heteroatoms. The number of ether oxygens (including phenoxy) is 2. The van der Waals surface area contributed by atoms with E-state index < -0.39 is 17.7 Å². The highest BCUT2D eigenvalue weighted by Gasteiger charge is 2.19. The second kappa shape index (κ2) is 8.48. The third kappa shape index (κ3) is 5.18. The van der Waals surface area contributed by atoms with E-state index in [0.717, 1.165) is 17.2 Å². The molecule has 1 aromatic heterocycles. The second-order valence-corrected chi connectivity index (χ2v) is 5.36. The van der Waals surface area contributed by atoms with Crippen LogP contribution in [0, 0.1) is 5.82 Å². The summed E-state index contributed by atoms with van der Waals surface area (Å²) < 4.78 is 28.3. The van der Waals surface area contributed by atoms with Crippen LogP contribution in [0.4, 0.5) is 4.39 Å². The van der Waals surface area contributed by atoms with Gasteiger partial charge in [-0.3, -0.25) is 9.59 Å². The first-order valence-electron chi connectivity index (χ1n) is 7.34. The molecule has 0 aliphatic rings. The van der Waals surface area contributed by atoms with Gasteiger partial charge in [0.15, 0.2) is 12.3 Å². The summed E-state index contributed by atoms with van der Waals surface area (Å²) in [6, 6.07) is 3.70. The molecule has 0 saturated heterocycles. The smallest absolute Gasteiger partial charge is 0.325 e. The molecule has 0 atom stereocenters. The minimum atomic E-state index is -0.517. The Bertz CT molecular complexity index is 765. The number of likely N-dealkylation sites (N-methyl/N-ethyl adjacent to an activating group) is 1. The lowest BCUT2D eigenvalue weighted by atomic mass is 10.3. The van der Waals surface area contributed by atoms with E-state index in [1.54, 1.807) is 6.92 Å². The Kier molecular flexibility index (Phi) is 6.35. The van der Waals surface area contributed by atoms with Gasteiger partial charge < -0.3 is 18.8 Å². The molecule has 0 bridgehead atoms. The van der Waals surface area contributed by atoms with Crippen molar-refractivity contribution in [3.05, 3.63) is 46.9 Å². The Balaban J connectivity index is 1.94. The highest BCUT2D eigenvalue weighted by atomic mass is 35.5. The number of carbonyl (C=O) groups is 2. The SMILES string of the molecule is CCOC(=O)CN(C)C(=O)c1coc(COc2ccc(F)cc2Cl)n1. The fraction of sp³-hybridized carbons (Fsp3) is 0.312. The number of aromatic nitrogens is 1. The summed E-state index contributed by atoms with van der Waals surface area (Å²) in [5.41, 5.74) is 0.0237. The number of rotatable bonds is 7. The van der Waals surface area contributed by atoms with Crippen molar-refractivity contribution in [3.63, 3.8) is 0 Å². The largest absolute Gasteiger partial charge is 0.482 e. The highest BCUT2D eigenvalue weighted by Crippen LogP contribution is 2.25. The average Bonchev–Trinajstić information content (AvgIpc) is 3.02. The molecule has 0 aliphatic carbocycles. The summed E-state index contributed by atoms with van der Waals surface area (Å²) in [4.78, 5) is 28.7. The highest BCUT2D eigenvalue weighted by molar-refractivity contribution is 6.32. The van der Waals surface area contributed by atoms with Crippen LogP contribution in [-0.2, 0) is 16.1 Å². The number of esters is 1. The lowest BCUT2D eigenvalue weighted by Crippen LogP contribution is -2.33. The van der Waals surface area contributed by atoms with Crippen LogP contribution in [0.15, 0.2) is 28.9 Å². The molecule has 0 fully saturated rings. The van der Waals surface area contributed by atoms with Crippen molar-refractivity contribution in [2.75, 3.05) is 20.2 Å². The van der Waals surface area contributed by atoms with Crippen LogP contribution < -0.4 is 4.74 Å². The van der Waals surface area contributed by atoms with E-state index in [9.17, 15) is 14.0 Å². The van der Waals surface area contributed by atoms with E-state index in [4.69, 9.17) is 25.5 Å². The number of benzene rings is 1. The van der Waals surface area contributed by atoms with Gasteiger partial charge in [0.25, 0.3) is 5.91 Å². The lowest BCUT2D eigenvalue weighted by Gasteiger charge is -2.14. The van der Waals surface area contributed by atoms with E-state index in [2.05, 4.69) is 4.98 Å². The van der Waals surface area contributed by atoms with Crippen molar-refractivity contribution in [2.24, 2.45) is 0 Å². The number of amides is 1. The van der Waals surface area contributed by atoms with Crippen molar-refractivity contribution in [3.8, 4) is 5.75 Å². The molecular weight excluding hydrogens is 355 g/mol. The number of halogens is 2. The number of oxazole rings is 1. The minimum Gasteiger partial charge on any atom is -0.482 e. The number of hydrogen-bond acceptors (Lipinski definition) is 6. The van der Waals surface area contributed by atoms with Crippen LogP contribution in [-0.4, -0.2) is 42.0 Å². The maximum absolute atomic E-state index is 13.0. The quantitative estimate of drug-likeness (QED) is 0.697. The number of carbonyl (C=O) groups excluding carboxylic acids is 2. The van der Waals surface area contributed by atoms with Crippen LogP contribution in [0.1, 0.15) is 23.3 Å². The molecule has 0 unspecified atom stereocenters. The molecule has 2 aromatic rings. The molecule has 0 radical (unpaired) electrons. The molecule has 1 heterocycles. The Morgan fingerprint density at radius 3 is 2.84 bits per heavy atom. The van der Waals surface area contributed by atoms with Gasteiger partial charge in [-0.2, -0.15) is 0 Å². The van der Waals surface area contributed by atoms with E-state index in [1.807, 2.05) is 0 Å². The van der Waals surface area contributed by atoms with Gasteiger partial charge in [-0.05, 0) is 25.1 Å². The second-order valence-electron chi connectivity index (χ2n) is 4.96. The van der Waals surface area contributed by atoms with Crippen LogP contribution in [0.2, 0.25) is 5.02 Å². The molecular formula is C16H16ClFN2O5. The normalized spacial score (nSPS) is 10.4. The molecule has 1 amide bonds. The van der Waals surface area contributed by atoms with Crippen molar-refractivity contribution in [2.45, 2.75) is 13.5 Å². The molecule has 25 heavy (non-hydrogen) atoms. The van der Waals surface area contributed by atoms with Crippen molar-refractivity contribution < 1.29 is 27.9 Å². The predicted molar refractivity (Wildman–Crippen MR) is 85.8 cm³/mol. The van der Waals surface area contributed by atoms with Crippen LogP contribution in [0.5, 0.6) is 5.75 Å². The summed E-state index contributed by atoms with van der Waals surface area (Å²) in [7, 11) is 1.45. The Hall–Kier alpha value is -2.61. The topological polar surface area (TPSA) is 81.9 Å². The zero-order chi connectivity index (χ0) is 18.4. The van der Waals surface area contributed by atoms with Gasteiger partial charge in [0.2, 0.25) is 5.89 Å². The summed E-state index contributed by atoms with van der Waals surface area (Å²) >= 11 is 5.85. The first-order valence-corrected chi connectivity index (χ1v) is 7.71. The first kappa shape index (κ1) is 18.7. The molecule has 2 rings (SSSR count). The Morgan fingerprint density at radius 1 is 1.40 bits per heavy atom. The summed E-state index contributed by atoms with van der Waals surface area (Å²) in [6.45, 7) is 1.62. The van der Waals surface area contributed by atoms with E-state index in [-0.39, 0.29) is 42.1 Å². The number of nitrogens with zero attached hydrogens (tertiary/aromatic N) is 2. The van der Waals surface area contributed by atoms with Crippen molar-refractivity contribution in [1.29, 1.82) is 0 Å². The van der Waals surface area contributed by atoms with Crippen LogP contribution in [0.3, 0.4) is 0 Å². The van der Waals surface area contributed by atoms with E-state index in [1.165, 1.54) is 19.2 Å². The van der Waals surface area contributed by atoms with E-state index in [0.29, 0.717) is 0 Å². The Morgan fingerprint density at radius 2 is 2.16 bits per heavy atom. The minimum absolute atomic E-state index is 0.0237. The maximum Gasteiger partial charge on any atom is 0.325 e. The summed E-state index contributed by atoms with van der Waals surface area (Å²) in [5.74, 6) is -1.10. The lowest BCUT2D eigenvalue weighted by molar-refractivity contribution is -0.143. The van der Waals surface area contributed by atoms with Gasteiger partial charge in [-0.1, -0.05) is 11.6 Å². The molecule has 0 N–H and O–H groups in total. The zero-order valence-electron chi connectivity index (χ0n) is 13.6. The predicted octanol–water partition coefficient (Wildman–Crippen LogP) is 2.68. The average molecular weight is 371 g/mol. The van der Waals surface area contributed by atoms with Gasteiger partial charge in [0, 0.05) is 7.05 Å². The molecule has 1 aromatic carbocycles. The van der Waals surface area contributed by atoms with Crippen molar-refractivity contribution in [1.82, 2.24) is 9.88 Å². The standard InChI is InChI=1S/C16H16ClFN2O5/c1-3-23-15(21)7-20(2)16(22)12-8-25-14(19-12)9-24-13-5-4-10(18)6-11(13)17/h4-6,8H,3,7,9H2,1-2H3. The summed E-state index contributed by atoms with van der Waals surface area (Å²) in [6.07, 6.45) is 1.16. The van der Waals surface area contributed by atoms with Crippen LogP contribution in [0.25, 0.3) is 0 Å². The maximum atomic E-state index is 13.0. The third-order valence-electron chi connectivity index (χ3n) is 3.03. The molecule has 7 nitrogen and oxygen atoms in total. The fourth-order valence-electron chi connectivity index (χ4n) is 1.87. The molecule has 0 aliphatic heterocycles. The van der Waals surface area contributed by atoms with Gasteiger partial charge in [0.05, 0.1) is 11.6 Å². The Labute approximate surface area is 148 Å². The fourth-order valence-corrected chi connectivity index (χ4v) is 2.10. The van der Waals surface area contributed by atoms with Gasteiger partial charge in [0.1, 0.15) is 24.4 Å². The number of hydrogen-bond donors (Lipinski definition) is 0. The monoisotopic (exact) mass is 370 g/mol. The molecule has 0 saturated carbocycles. The van der Waals surface area contributed by atoms with Gasteiger partial charge >= 0.3 is 5.97 Å².